The second-order valence-electron chi connectivity index (χ2n) is 5.86. The van der Waals surface area contributed by atoms with Crippen molar-refractivity contribution in [3.8, 4) is 0 Å². The maximum atomic E-state index is 12.2. The minimum Gasteiger partial charge on any atom is -0.392 e. The number of thiocarbonyl (C=S) groups is 1. The van der Waals surface area contributed by atoms with E-state index in [-0.39, 0.29) is 24.0 Å². The lowest BCUT2D eigenvalue weighted by Crippen LogP contribution is -2.50. The third-order valence-electron chi connectivity index (χ3n) is 4.29. The van der Waals surface area contributed by atoms with Gasteiger partial charge in [-0.1, -0.05) is 31.5 Å². The number of ether oxygens (including phenoxy) is 1. The van der Waals surface area contributed by atoms with E-state index in [1.54, 1.807) is 0 Å². The Kier molecular flexibility index (Phi) is 5.16. The van der Waals surface area contributed by atoms with Crippen molar-refractivity contribution in [3.05, 3.63) is 0 Å². The summed E-state index contributed by atoms with van der Waals surface area (Å²) in [5, 5.41) is 3.06. The van der Waals surface area contributed by atoms with E-state index < -0.39 is 0 Å². The van der Waals surface area contributed by atoms with Gasteiger partial charge in [-0.25, -0.2) is 0 Å². The molecule has 1 heterocycles. The fourth-order valence-corrected chi connectivity index (χ4v) is 3.41. The van der Waals surface area contributed by atoms with Crippen molar-refractivity contribution < 1.29 is 9.53 Å². The van der Waals surface area contributed by atoms with Gasteiger partial charge in [-0.2, -0.15) is 0 Å². The Morgan fingerprint density at radius 2 is 2.05 bits per heavy atom. The Labute approximate surface area is 120 Å². The van der Waals surface area contributed by atoms with Gasteiger partial charge in [0.2, 0.25) is 5.91 Å². The van der Waals surface area contributed by atoms with E-state index in [1.165, 1.54) is 19.3 Å². The first-order valence-corrected chi connectivity index (χ1v) is 7.70. The molecule has 1 saturated carbocycles. The topological polar surface area (TPSA) is 64.4 Å². The molecule has 4 nitrogen and oxygen atoms in total. The van der Waals surface area contributed by atoms with Crippen molar-refractivity contribution in [2.75, 3.05) is 6.61 Å². The zero-order valence-corrected chi connectivity index (χ0v) is 12.4. The standard InChI is InChI=1S/C14H24N2O2S/c1-9-7-11(8-18-9)14(17)16-12(13(15)19)10-5-3-2-4-6-10/h9-12H,2-8H2,1H3,(H2,15,19)(H,16,17). The highest BCUT2D eigenvalue weighted by atomic mass is 32.1. The van der Waals surface area contributed by atoms with Crippen molar-refractivity contribution >= 4 is 23.1 Å². The van der Waals surface area contributed by atoms with E-state index in [2.05, 4.69) is 5.32 Å². The van der Waals surface area contributed by atoms with E-state index >= 15 is 0 Å². The average Bonchev–Trinajstić information content (AvgIpc) is 2.83. The Balaban J connectivity index is 1.92. The molecule has 1 saturated heterocycles. The molecule has 0 aromatic heterocycles. The molecule has 1 aliphatic heterocycles. The van der Waals surface area contributed by atoms with E-state index in [1.807, 2.05) is 6.92 Å². The van der Waals surface area contributed by atoms with Crippen molar-refractivity contribution in [2.24, 2.45) is 17.6 Å². The molecule has 3 N–H and O–H groups in total. The largest absolute Gasteiger partial charge is 0.392 e. The van der Waals surface area contributed by atoms with E-state index in [0.29, 0.717) is 17.5 Å². The number of amides is 1. The summed E-state index contributed by atoms with van der Waals surface area (Å²) in [4.78, 5) is 12.7. The van der Waals surface area contributed by atoms with Crippen molar-refractivity contribution in [3.63, 3.8) is 0 Å². The van der Waals surface area contributed by atoms with Gasteiger partial charge in [0.1, 0.15) is 0 Å². The van der Waals surface area contributed by atoms with Gasteiger partial charge in [-0.05, 0) is 32.1 Å². The SMILES string of the molecule is CC1CC(C(=O)NC(C(N)=S)C2CCCCC2)CO1. The number of nitrogens with one attached hydrogen (secondary N) is 1. The van der Waals surface area contributed by atoms with Crippen LogP contribution < -0.4 is 11.1 Å². The molecule has 0 aromatic carbocycles. The molecule has 5 heteroatoms. The Bertz CT molecular complexity index is 342. The highest BCUT2D eigenvalue weighted by molar-refractivity contribution is 7.80. The molecule has 2 aliphatic rings. The number of carbonyl (C=O) groups excluding carboxylic acids is 1. The molecule has 0 radical (unpaired) electrons. The molecule has 3 atom stereocenters. The van der Waals surface area contributed by atoms with Crippen molar-refractivity contribution in [2.45, 2.75) is 57.6 Å². The first-order valence-electron chi connectivity index (χ1n) is 7.29. The minimum absolute atomic E-state index is 0.0459. The van der Waals surface area contributed by atoms with Crippen LogP contribution in [0, 0.1) is 11.8 Å². The second-order valence-corrected chi connectivity index (χ2v) is 6.33. The molecule has 0 aromatic rings. The maximum absolute atomic E-state index is 12.2. The van der Waals surface area contributed by atoms with E-state index in [0.717, 1.165) is 19.3 Å². The van der Waals surface area contributed by atoms with E-state index in [9.17, 15) is 4.79 Å². The molecule has 1 amide bonds. The second kappa shape index (κ2) is 6.66. The van der Waals surface area contributed by atoms with Crippen molar-refractivity contribution in [1.29, 1.82) is 0 Å². The van der Waals surface area contributed by atoms with Gasteiger partial charge in [0.25, 0.3) is 0 Å². The summed E-state index contributed by atoms with van der Waals surface area (Å²) in [6.45, 7) is 2.52. The summed E-state index contributed by atoms with van der Waals surface area (Å²) in [5.41, 5.74) is 5.83. The average molecular weight is 284 g/mol. The Morgan fingerprint density at radius 3 is 2.58 bits per heavy atom. The van der Waals surface area contributed by atoms with Gasteiger partial charge in [-0.3, -0.25) is 4.79 Å². The van der Waals surface area contributed by atoms with Crippen molar-refractivity contribution in [1.82, 2.24) is 5.32 Å². The van der Waals surface area contributed by atoms with Gasteiger partial charge in [0, 0.05) is 0 Å². The molecular weight excluding hydrogens is 260 g/mol. The predicted molar refractivity (Wildman–Crippen MR) is 78.8 cm³/mol. The zero-order chi connectivity index (χ0) is 13.8. The summed E-state index contributed by atoms with van der Waals surface area (Å²) < 4.78 is 5.45. The van der Waals surface area contributed by atoms with Gasteiger partial charge >= 0.3 is 0 Å². The number of rotatable bonds is 4. The number of hydrogen-bond acceptors (Lipinski definition) is 3. The molecule has 0 bridgehead atoms. The Hall–Kier alpha value is -0.680. The van der Waals surface area contributed by atoms with Crippen LogP contribution in [0.4, 0.5) is 0 Å². The summed E-state index contributed by atoms with van der Waals surface area (Å²) in [6.07, 6.45) is 6.89. The molecule has 3 unspecified atom stereocenters. The molecular formula is C14H24N2O2S. The monoisotopic (exact) mass is 284 g/mol. The van der Waals surface area contributed by atoms with Crippen LogP contribution in [0.25, 0.3) is 0 Å². The fourth-order valence-electron chi connectivity index (χ4n) is 3.16. The molecule has 108 valence electrons. The molecule has 2 rings (SSSR count). The fraction of sp³-hybridized carbons (Fsp3) is 0.857. The van der Waals surface area contributed by atoms with Crippen LogP contribution in [0.5, 0.6) is 0 Å². The predicted octanol–water partition coefficient (Wildman–Crippen LogP) is 1.76. The highest BCUT2D eigenvalue weighted by Gasteiger charge is 2.32. The first-order chi connectivity index (χ1) is 9.08. The first kappa shape index (κ1) is 14.7. The minimum atomic E-state index is -0.140. The highest BCUT2D eigenvalue weighted by Crippen LogP contribution is 2.27. The summed E-state index contributed by atoms with van der Waals surface area (Å²) in [5.74, 6) is 0.415. The van der Waals surface area contributed by atoms with Crippen LogP contribution in [0.2, 0.25) is 0 Å². The maximum Gasteiger partial charge on any atom is 0.226 e. The summed E-state index contributed by atoms with van der Waals surface area (Å²) >= 11 is 5.15. The zero-order valence-electron chi connectivity index (χ0n) is 11.6. The summed E-state index contributed by atoms with van der Waals surface area (Å²) in [6, 6.07) is -0.140. The van der Waals surface area contributed by atoms with Crippen LogP contribution in [-0.2, 0) is 9.53 Å². The Morgan fingerprint density at radius 1 is 1.37 bits per heavy atom. The van der Waals surface area contributed by atoms with Crippen LogP contribution >= 0.6 is 12.2 Å². The number of hydrogen-bond donors (Lipinski definition) is 2. The number of carbonyl (C=O) groups is 1. The van der Waals surface area contributed by atoms with Gasteiger partial charge < -0.3 is 15.8 Å². The van der Waals surface area contributed by atoms with E-state index in [4.69, 9.17) is 22.7 Å². The van der Waals surface area contributed by atoms with Crippen LogP contribution in [-0.4, -0.2) is 29.6 Å². The molecule has 1 aliphatic carbocycles. The summed E-state index contributed by atoms with van der Waals surface area (Å²) in [7, 11) is 0. The van der Waals surface area contributed by atoms with Gasteiger partial charge in [0.15, 0.2) is 0 Å². The lowest BCUT2D eigenvalue weighted by Gasteiger charge is -2.30. The lowest BCUT2D eigenvalue weighted by atomic mass is 9.83. The lowest BCUT2D eigenvalue weighted by molar-refractivity contribution is -0.125. The van der Waals surface area contributed by atoms with Crippen LogP contribution in [0.3, 0.4) is 0 Å². The number of nitrogens with two attached hydrogens (primary N) is 1. The molecule has 2 fully saturated rings. The van der Waals surface area contributed by atoms with Gasteiger partial charge in [0.05, 0.1) is 29.7 Å². The van der Waals surface area contributed by atoms with Crippen LogP contribution in [0.1, 0.15) is 45.4 Å². The normalized spacial score (nSPS) is 29.9. The smallest absolute Gasteiger partial charge is 0.226 e. The molecule has 19 heavy (non-hydrogen) atoms. The van der Waals surface area contributed by atoms with Crippen LogP contribution in [0.15, 0.2) is 0 Å². The molecule has 0 spiro atoms. The third kappa shape index (κ3) is 3.89. The van der Waals surface area contributed by atoms with Gasteiger partial charge in [-0.15, -0.1) is 0 Å². The third-order valence-corrected chi connectivity index (χ3v) is 4.55. The quantitative estimate of drug-likeness (QED) is 0.772.